The van der Waals surface area contributed by atoms with Gasteiger partial charge in [0.1, 0.15) is 0 Å². The lowest BCUT2D eigenvalue weighted by molar-refractivity contribution is 0.450. The highest BCUT2D eigenvalue weighted by Crippen LogP contribution is 1.95. The smallest absolute Gasteiger partial charge is 0.191 e. The Morgan fingerprint density at radius 1 is 1.36 bits per heavy atom. The van der Waals surface area contributed by atoms with E-state index in [1.165, 1.54) is 10.8 Å². The molecule has 0 fully saturated rings. The highest BCUT2D eigenvalue weighted by Gasteiger charge is 1.97. The van der Waals surface area contributed by atoms with E-state index in [0.29, 0.717) is 0 Å². The minimum atomic E-state index is -0.441. The minimum absolute atomic E-state index is 0.441. The number of hydrogen-bond acceptors (Lipinski definition) is 1. The van der Waals surface area contributed by atoms with Crippen molar-refractivity contribution in [3.8, 4) is 0 Å². The summed E-state index contributed by atoms with van der Waals surface area (Å²) in [4.78, 5) is 0. The number of hydrogen-bond donors (Lipinski definition) is 0. The van der Waals surface area contributed by atoms with Crippen molar-refractivity contribution in [2.75, 3.05) is 7.11 Å². The minimum Gasteiger partial charge on any atom is -0.422 e. The van der Waals surface area contributed by atoms with Crippen molar-refractivity contribution in [3.05, 3.63) is 29.8 Å². The van der Waals surface area contributed by atoms with Crippen LogP contribution < -0.4 is 5.19 Å². The summed E-state index contributed by atoms with van der Waals surface area (Å²) in [6.07, 6.45) is 1.12. The normalized spacial score (nSPS) is 11.1. The highest BCUT2D eigenvalue weighted by molar-refractivity contribution is 6.47. The largest absolute Gasteiger partial charge is 0.422 e. The van der Waals surface area contributed by atoms with Gasteiger partial charge < -0.3 is 4.43 Å². The maximum atomic E-state index is 5.21. The molecule has 0 unspecified atom stereocenters. The molecule has 1 rings (SSSR count). The van der Waals surface area contributed by atoms with Gasteiger partial charge in [0.15, 0.2) is 9.76 Å². The summed E-state index contributed by atoms with van der Waals surface area (Å²) < 4.78 is 5.21. The van der Waals surface area contributed by atoms with Gasteiger partial charge in [-0.3, -0.25) is 0 Å². The van der Waals surface area contributed by atoms with Gasteiger partial charge in [0, 0.05) is 7.11 Å². The molecule has 1 nitrogen and oxygen atoms in total. The van der Waals surface area contributed by atoms with Crippen LogP contribution in [0.4, 0.5) is 0 Å². The van der Waals surface area contributed by atoms with Gasteiger partial charge in [0.2, 0.25) is 0 Å². The maximum Gasteiger partial charge on any atom is 0.191 e. The fourth-order valence-corrected chi connectivity index (χ4v) is 2.30. The Kier molecular flexibility index (Phi) is 3.33. The molecule has 1 aromatic carbocycles. The molecule has 0 bridgehead atoms. The predicted molar refractivity (Wildman–Crippen MR) is 51.0 cm³/mol. The van der Waals surface area contributed by atoms with Crippen LogP contribution in [0.5, 0.6) is 0 Å². The molecule has 1 aromatic rings. The number of rotatable bonds is 3. The molecule has 0 radical (unpaired) electrons. The molecule has 60 valence electrons. The molecule has 0 N–H and O–H groups in total. The van der Waals surface area contributed by atoms with E-state index in [-0.39, 0.29) is 0 Å². The Hall–Kier alpha value is -0.603. The Morgan fingerprint density at radius 3 is 2.73 bits per heavy atom. The van der Waals surface area contributed by atoms with Crippen LogP contribution in [0.15, 0.2) is 24.3 Å². The third kappa shape index (κ3) is 2.17. The first-order chi connectivity index (χ1) is 5.38. The molecule has 0 amide bonds. The molecule has 0 spiro atoms. The first-order valence-electron chi connectivity index (χ1n) is 3.94. The van der Waals surface area contributed by atoms with Crippen molar-refractivity contribution in [1.29, 1.82) is 0 Å². The van der Waals surface area contributed by atoms with E-state index in [1.807, 2.05) is 0 Å². The summed E-state index contributed by atoms with van der Waals surface area (Å²) in [5.41, 5.74) is 1.45. The summed E-state index contributed by atoms with van der Waals surface area (Å²) in [6, 6.07) is 8.53. The Labute approximate surface area is 70.3 Å². The van der Waals surface area contributed by atoms with Gasteiger partial charge in [-0.25, -0.2) is 0 Å². The molecule has 2 heteroatoms. The Balaban J connectivity index is 2.83. The lowest BCUT2D eigenvalue weighted by Crippen LogP contribution is -2.20. The zero-order valence-electron chi connectivity index (χ0n) is 7.13. The van der Waals surface area contributed by atoms with Gasteiger partial charge in [-0.05, 0) is 17.2 Å². The van der Waals surface area contributed by atoms with E-state index in [9.17, 15) is 0 Å². The Bertz CT molecular complexity index is 223. The molecular weight excluding hydrogens is 152 g/mol. The molecule has 0 aliphatic carbocycles. The lowest BCUT2D eigenvalue weighted by Gasteiger charge is -2.04. The Morgan fingerprint density at radius 2 is 2.09 bits per heavy atom. The fourth-order valence-electron chi connectivity index (χ4n) is 1.20. The summed E-state index contributed by atoms with van der Waals surface area (Å²) in [5.74, 6) is 0. The molecule has 0 aliphatic rings. The quantitative estimate of drug-likeness (QED) is 0.598. The van der Waals surface area contributed by atoms with Crippen LogP contribution in [-0.2, 0) is 10.8 Å². The first-order valence-corrected chi connectivity index (χ1v) is 5.22. The van der Waals surface area contributed by atoms with Gasteiger partial charge in [0.05, 0.1) is 0 Å². The zero-order chi connectivity index (χ0) is 8.10. The van der Waals surface area contributed by atoms with Crippen molar-refractivity contribution < 1.29 is 4.43 Å². The second kappa shape index (κ2) is 4.31. The van der Waals surface area contributed by atoms with Gasteiger partial charge in [-0.2, -0.15) is 0 Å². The second-order valence-corrected chi connectivity index (χ2v) is 4.18. The van der Waals surface area contributed by atoms with Gasteiger partial charge in [-0.1, -0.05) is 31.2 Å². The third-order valence-electron chi connectivity index (χ3n) is 1.80. The van der Waals surface area contributed by atoms with E-state index in [0.717, 1.165) is 6.42 Å². The van der Waals surface area contributed by atoms with Crippen molar-refractivity contribution in [1.82, 2.24) is 0 Å². The molecular formula is C9H14OSi. The standard InChI is InChI=1S/C9H14OSi/c1-3-8-6-4-5-7-9(8)11-10-2/h4-7H,3,11H2,1-2H3. The maximum absolute atomic E-state index is 5.21. The average molecular weight is 166 g/mol. The van der Waals surface area contributed by atoms with E-state index in [2.05, 4.69) is 31.2 Å². The summed E-state index contributed by atoms with van der Waals surface area (Å²) in [7, 11) is 1.35. The van der Waals surface area contributed by atoms with Crippen LogP contribution in [0.2, 0.25) is 0 Å². The van der Waals surface area contributed by atoms with Crippen LogP contribution in [0.3, 0.4) is 0 Å². The summed E-state index contributed by atoms with van der Waals surface area (Å²) in [5, 5.41) is 1.44. The van der Waals surface area contributed by atoms with Crippen LogP contribution in [-0.4, -0.2) is 16.9 Å². The van der Waals surface area contributed by atoms with Crippen LogP contribution >= 0.6 is 0 Å². The molecule has 0 atom stereocenters. The topological polar surface area (TPSA) is 9.23 Å². The van der Waals surface area contributed by atoms with Crippen molar-refractivity contribution in [2.45, 2.75) is 13.3 Å². The van der Waals surface area contributed by atoms with Crippen molar-refractivity contribution >= 4 is 14.9 Å². The number of aryl methyl sites for hydroxylation is 1. The zero-order valence-corrected chi connectivity index (χ0v) is 8.55. The highest BCUT2D eigenvalue weighted by atomic mass is 28.2. The second-order valence-electron chi connectivity index (χ2n) is 2.56. The predicted octanol–water partition coefficient (Wildman–Crippen LogP) is 0.604. The first kappa shape index (κ1) is 8.49. The van der Waals surface area contributed by atoms with Crippen LogP contribution in [0, 0.1) is 0 Å². The molecule has 0 aromatic heterocycles. The summed E-state index contributed by atoms with van der Waals surface area (Å²) in [6.45, 7) is 2.18. The van der Waals surface area contributed by atoms with Crippen LogP contribution in [0.1, 0.15) is 12.5 Å². The lowest BCUT2D eigenvalue weighted by atomic mass is 10.2. The summed E-state index contributed by atoms with van der Waals surface area (Å²) >= 11 is 0. The van der Waals surface area contributed by atoms with Gasteiger partial charge in [-0.15, -0.1) is 0 Å². The van der Waals surface area contributed by atoms with Crippen LogP contribution in [0.25, 0.3) is 0 Å². The third-order valence-corrected chi connectivity index (χ3v) is 3.09. The van der Waals surface area contributed by atoms with Gasteiger partial charge in [0.25, 0.3) is 0 Å². The molecule has 0 saturated heterocycles. The van der Waals surface area contributed by atoms with Crippen molar-refractivity contribution in [2.24, 2.45) is 0 Å². The SMILES string of the molecule is CCc1ccccc1[SiH2]OC. The van der Waals surface area contributed by atoms with E-state index in [1.54, 1.807) is 7.11 Å². The fraction of sp³-hybridized carbons (Fsp3) is 0.333. The molecule has 11 heavy (non-hydrogen) atoms. The molecule has 0 heterocycles. The van der Waals surface area contributed by atoms with E-state index in [4.69, 9.17) is 4.43 Å². The number of benzene rings is 1. The molecule has 0 saturated carbocycles. The van der Waals surface area contributed by atoms with E-state index >= 15 is 0 Å². The average Bonchev–Trinajstić information content (AvgIpc) is 2.06. The van der Waals surface area contributed by atoms with Gasteiger partial charge >= 0.3 is 0 Å². The molecule has 0 aliphatic heterocycles. The van der Waals surface area contributed by atoms with E-state index < -0.39 is 9.76 Å². The van der Waals surface area contributed by atoms with Crippen molar-refractivity contribution in [3.63, 3.8) is 0 Å². The monoisotopic (exact) mass is 166 g/mol.